The molecule has 26 heavy (non-hydrogen) atoms. The van der Waals surface area contributed by atoms with E-state index in [1.807, 2.05) is 26.0 Å². The van der Waals surface area contributed by atoms with Gasteiger partial charge in [-0.15, -0.1) is 0 Å². The molecule has 3 aromatic rings. The summed E-state index contributed by atoms with van der Waals surface area (Å²) in [6.45, 7) is 3.90. The van der Waals surface area contributed by atoms with Gasteiger partial charge in [-0.3, -0.25) is 5.43 Å². The fourth-order valence-corrected chi connectivity index (χ4v) is 2.77. The number of aromatic nitrogens is 2. The Balaban J connectivity index is 2.03. The maximum Gasteiger partial charge on any atom is 0.250 e. The highest BCUT2D eigenvalue weighted by molar-refractivity contribution is 6.66. The van der Waals surface area contributed by atoms with E-state index < -0.39 is 3.79 Å². The fourth-order valence-electron chi connectivity index (χ4n) is 2.51. The van der Waals surface area contributed by atoms with E-state index in [-0.39, 0.29) is 11.6 Å². The van der Waals surface area contributed by atoms with Crippen LogP contribution >= 0.6 is 34.8 Å². The molecule has 0 unspecified atom stereocenters. The standard InChI is InChI=1S/C18H14Cl3FN4/c1-10-7-11(2)15-14(8-10)16(25-17(24-15)18(19,20)21)26-23-9-12-3-5-13(22)6-4-12/h3-9H,1-2H3,(H,24,25,26)/b23-9+. The molecule has 2 aromatic carbocycles. The molecule has 0 saturated heterocycles. The second-order valence-electron chi connectivity index (χ2n) is 5.79. The molecule has 0 aliphatic heterocycles. The molecule has 0 atom stereocenters. The number of rotatable bonds is 3. The van der Waals surface area contributed by atoms with Crippen LogP contribution in [-0.2, 0) is 3.79 Å². The van der Waals surface area contributed by atoms with Gasteiger partial charge in [0.15, 0.2) is 11.6 Å². The number of halogens is 4. The summed E-state index contributed by atoms with van der Waals surface area (Å²) in [6, 6.07) is 9.85. The Kier molecular flexibility index (Phi) is 5.32. The SMILES string of the molecule is Cc1cc(C)c2nc(C(Cl)(Cl)Cl)nc(N/N=C/c3ccc(F)cc3)c2c1. The van der Waals surface area contributed by atoms with E-state index in [9.17, 15) is 4.39 Å². The third-order valence-electron chi connectivity index (χ3n) is 3.64. The second kappa shape index (κ2) is 7.35. The van der Waals surface area contributed by atoms with Gasteiger partial charge < -0.3 is 0 Å². The molecule has 0 saturated carbocycles. The van der Waals surface area contributed by atoms with Crippen molar-refractivity contribution in [1.29, 1.82) is 0 Å². The van der Waals surface area contributed by atoms with Crippen LogP contribution in [0.4, 0.5) is 10.2 Å². The monoisotopic (exact) mass is 410 g/mol. The summed E-state index contributed by atoms with van der Waals surface area (Å²) < 4.78 is 11.2. The Hall–Kier alpha value is -1.95. The van der Waals surface area contributed by atoms with Crippen LogP contribution in [0.3, 0.4) is 0 Å². The predicted octanol–water partition coefficient (Wildman–Crippen LogP) is 5.66. The summed E-state index contributed by atoms with van der Waals surface area (Å²) >= 11 is 17.9. The number of benzene rings is 2. The van der Waals surface area contributed by atoms with E-state index in [1.165, 1.54) is 12.1 Å². The zero-order valence-corrected chi connectivity index (χ0v) is 16.2. The minimum Gasteiger partial charge on any atom is -0.261 e. The first-order chi connectivity index (χ1) is 12.2. The number of hydrogen-bond acceptors (Lipinski definition) is 4. The van der Waals surface area contributed by atoms with Crippen LogP contribution in [0.2, 0.25) is 0 Å². The maximum absolute atomic E-state index is 13.0. The maximum atomic E-state index is 13.0. The third kappa shape index (κ3) is 4.23. The van der Waals surface area contributed by atoms with Crippen LogP contribution in [-0.4, -0.2) is 16.2 Å². The highest BCUT2D eigenvalue weighted by Gasteiger charge is 2.28. The van der Waals surface area contributed by atoms with Gasteiger partial charge in [0.25, 0.3) is 0 Å². The molecule has 3 rings (SSSR count). The molecule has 0 amide bonds. The summed E-state index contributed by atoms with van der Waals surface area (Å²) in [4.78, 5) is 8.69. The van der Waals surface area contributed by atoms with Crippen LogP contribution in [0.1, 0.15) is 22.5 Å². The molecular weight excluding hydrogens is 398 g/mol. The van der Waals surface area contributed by atoms with Crippen molar-refractivity contribution in [3.05, 3.63) is 64.7 Å². The molecule has 1 N–H and O–H groups in total. The lowest BCUT2D eigenvalue weighted by atomic mass is 10.1. The number of hydrogen-bond donors (Lipinski definition) is 1. The molecule has 0 spiro atoms. The van der Waals surface area contributed by atoms with E-state index in [1.54, 1.807) is 18.3 Å². The van der Waals surface area contributed by atoms with E-state index in [2.05, 4.69) is 20.5 Å². The molecule has 1 aromatic heterocycles. The zero-order valence-electron chi connectivity index (χ0n) is 13.9. The average molecular weight is 412 g/mol. The fraction of sp³-hybridized carbons (Fsp3) is 0.167. The average Bonchev–Trinajstić information content (AvgIpc) is 2.56. The number of hydrazone groups is 1. The lowest BCUT2D eigenvalue weighted by Crippen LogP contribution is -2.10. The van der Waals surface area contributed by atoms with Crippen molar-refractivity contribution >= 4 is 57.7 Å². The summed E-state index contributed by atoms with van der Waals surface area (Å²) in [5.41, 5.74) is 6.25. The van der Waals surface area contributed by atoms with E-state index in [0.717, 1.165) is 22.1 Å². The van der Waals surface area contributed by atoms with Crippen LogP contribution in [0.15, 0.2) is 41.5 Å². The summed E-state index contributed by atoms with van der Waals surface area (Å²) in [6.07, 6.45) is 1.55. The lowest BCUT2D eigenvalue weighted by Gasteiger charge is -2.14. The highest BCUT2D eigenvalue weighted by atomic mass is 35.6. The number of aryl methyl sites for hydroxylation is 2. The van der Waals surface area contributed by atoms with Crippen molar-refractivity contribution in [3.63, 3.8) is 0 Å². The van der Waals surface area contributed by atoms with Gasteiger partial charge in [0.1, 0.15) is 5.82 Å². The molecule has 1 heterocycles. The van der Waals surface area contributed by atoms with E-state index in [4.69, 9.17) is 34.8 Å². The summed E-state index contributed by atoms with van der Waals surface area (Å²) in [5, 5.41) is 4.92. The van der Waals surface area contributed by atoms with Crippen molar-refractivity contribution in [1.82, 2.24) is 9.97 Å². The molecule has 0 fully saturated rings. The molecule has 0 aliphatic rings. The largest absolute Gasteiger partial charge is 0.261 e. The lowest BCUT2D eigenvalue weighted by molar-refractivity contribution is 0.628. The number of nitrogens with zero attached hydrogens (tertiary/aromatic N) is 3. The van der Waals surface area contributed by atoms with Gasteiger partial charge in [-0.25, -0.2) is 14.4 Å². The van der Waals surface area contributed by atoms with Crippen LogP contribution in [0.5, 0.6) is 0 Å². The molecule has 134 valence electrons. The summed E-state index contributed by atoms with van der Waals surface area (Å²) in [5.74, 6) is 0.165. The molecule has 8 heteroatoms. The van der Waals surface area contributed by atoms with Gasteiger partial charge >= 0.3 is 0 Å². The van der Waals surface area contributed by atoms with E-state index >= 15 is 0 Å². The Morgan fingerprint density at radius 3 is 2.42 bits per heavy atom. The first kappa shape index (κ1) is 18.8. The second-order valence-corrected chi connectivity index (χ2v) is 8.07. The Morgan fingerprint density at radius 1 is 1.08 bits per heavy atom. The normalized spacial score (nSPS) is 12.1. The molecule has 0 radical (unpaired) electrons. The number of anilines is 1. The quantitative estimate of drug-likeness (QED) is 0.344. The molecule has 4 nitrogen and oxygen atoms in total. The third-order valence-corrected chi connectivity index (χ3v) is 4.15. The first-order valence-corrected chi connectivity index (χ1v) is 8.78. The number of fused-ring (bicyclic) bond motifs is 1. The van der Waals surface area contributed by atoms with Gasteiger partial charge in [-0.1, -0.05) is 53.0 Å². The van der Waals surface area contributed by atoms with Gasteiger partial charge in [0.05, 0.1) is 11.7 Å². The van der Waals surface area contributed by atoms with Gasteiger partial charge in [0.2, 0.25) is 3.79 Å². The van der Waals surface area contributed by atoms with Crippen LogP contribution < -0.4 is 5.43 Å². The summed E-state index contributed by atoms with van der Waals surface area (Å²) in [7, 11) is 0. The van der Waals surface area contributed by atoms with E-state index in [0.29, 0.717) is 11.3 Å². The zero-order chi connectivity index (χ0) is 18.9. The first-order valence-electron chi connectivity index (χ1n) is 7.65. The smallest absolute Gasteiger partial charge is 0.250 e. The van der Waals surface area contributed by atoms with Gasteiger partial charge in [-0.05, 0) is 48.7 Å². The van der Waals surface area contributed by atoms with Crippen molar-refractivity contribution in [2.75, 3.05) is 5.43 Å². The minimum atomic E-state index is -1.76. The molecule has 0 aliphatic carbocycles. The topological polar surface area (TPSA) is 50.2 Å². The Labute approximate surface area is 165 Å². The van der Waals surface area contributed by atoms with Gasteiger partial charge in [0, 0.05) is 5.39 Å². The van der Waals surface area contributed by atoms with Crippen LogP contribution in [0, 0.1) is 19.7 Å². The number of alkyl halides is 3. The van der Waals surface area contributed by atoms with Crippen molar-refractivity contribution in [2.45, 2.75) is 17.6 Å². The Bertz CT molecular complexity index is 982. The van der Waals surface area contributed by atoms with Gasteiger partial charge in [-0.2, -0.15) is 5.10 Å². The minimum absolute atomic E-state index is 0.0569. The Morgan fingerprint density at radius 2 is 1.77 bits per heavy atom. The number of nitrogens with one attached hydrogen (secondary N) is 1. The van der Waals surface area contributed by atoms with Crippen molar-refractivity contribution in [3.8, 4) is 0 Å². The highest BCUT2D eigenvalue weighted by Crippen LogP contribution is 2.38. The molecule has 0 bridgehead atoms. The predicted molar refractivity (Wildman–Crippen MR) is 106 cm³/mol. The van der Waals surface area contributed by atoms with Crippen LogP contribution in [0.25, 0.3) is 10.9 Å². The molecular formula is C18H14Cl3FN4. The van der Waals surface area contributed by atoms with Crippen molar-refractivity contribution in [2.24, 2.45) is 5.10 Å². The van der Waals surface area contributed by atoms with Crippen molar-refractivity contribution < 1.29 is 4.39 Å².